The van der Waals surface area contributed by atoms with Crippen LogP contribution >= 0.6 is 11.3 Å². The second-order valence-corrected chi connectivity index (χ2v) is 5.43. The van der Waals surface area contributed by atoms with Crippen LogP contribution in [0.5, 0.6) is 0 Å². The van der Waals surface area contributed by atoms with Crippen LogP contribution in [0.4, 0.5) is 0 Å². The number of ketones is 1. The minimum absolute atomic E-state index is 0.271. The van der Waals surface area contributed by atoms with E-state index in [1.54, 1.807) is 11.3 Å². The van der Waals surface area contributed by atoms with E-state index in [9.17, 15) is 4.79 Å². The van der Waals surface area contributed by atoms with Crippen LogP contribution in [0.1, 0.15) is 48.2 Å². The third-order valence-electron chi connectivity index (χ3n) is 2.93. The molecule has 0 aliphatic rings. The van der Waals surface area contributed by atoms with Gasteiger partial charge in [-0.1, -0.05) is 27.2 Å². The molecule has 1 aromatic rings. The first-order valence-electron chi connectivity index (χ1n) is 6.55. The lowest BCUT2D eigenvalue weighted by atomic mass is 10.2. The van der Waals surface area contributed by atoms with Gasteiger partial charge in [-0.2, -0.15) is 0 Å². The topological polar surface area (TPSA) is 20.3 Å². The normalized spacial score (nSPS) is 11.1. The van der Waals surface area contributed by atoms with Crippen molar-refractivity contribution in [2.24, 2.45) is 0 Å². The smallest absolute Gasteiger partial charge is 0.186 e. The number of rotatable bonds is 8. The first-order chi connectivity index (χ1) is 8.21. The third kappa shape index (κ3) is 4.60. The van der Waals surface area contributed by atoms with Gasteiger partial charge in [0.1, 0.15) is 0 Å². The van der Waals surface area contributed by atoms with Crippen molar-refractivity contribution in [1.29, 1.82) is 0 Å². The molecule has 0 fully saturated rings. The van der Waals surface area contributed by atoms with E-state index in [-0.39, 0.29) is 5.78 Å². The summed E-state index contributed by atoms with van der Waals surface area (Å²) in [6.07, 6.45) is 3.38. The van der Waals surface area contributed by atoms with E-state index in [1.165, 1.54) is 17.7 Å². The molecular formula is C14H23NOS. The zero-order valence-corrected chi connectivity index (χ0v) is 12.0. The average molecular weight is 253 g/mol. The van der Waals surface area contributed by atoms with Crippen molar-refractivity contribution in [2.75, 3.05) is 19.6 Å². The molecule has 0 N–H and O–H groups in total. The van der Waals surface area contributed by atoms with Crippen molar-refractivity contribution >= 4 is 17.1 Å². The number of unbranched alkanes of at least 4 members (excludes halogenated alkanes) is 1. The Labute approximate surface area is 109 Å². The molecule has 0 amide bonds. The minimum atomic E-state index is 0.271. The summed E-state index contributed by atoms with van der Waals surface area (Å²) in [6.45, 7) is 8.99. The summed E-state index contributed by atoms with van der Waals surface area (Å²) in [6, 6.07) is 4.04. The van der Waals surface area contributed by atoms with E-state index in [1.807, 2.05) is 6.07 Å². The van der Waals surface area contributed by atoms with Crippen molar-refractivity contribution in [3.05, 3.63) is 21.9 Å². The lowest BCUT2D eigenvalue weighted by Gasteiger charge is -2.18. The number of hydrogen-bond donors (Lipinski definition) is 0. The molecule has 1 heterocycles. The number of nitrogens with zero attached hydrogens (tertiary/aromatic N) is 1. The fraction of sp³-hybridized carbons (Fsp3) is 0.643. The summed E-state index contributed by atoms with van der Waals surface area (Å²) < 4.78 is 0. The summed E-state index contributed by atoms with van der Waals surface area (Å²) in [4.78, 5) is 16.5. The van der Waals surface area contributed by atoms with Crippen LogP contribution in [0.15, 0.2) is 12.1 Å². The van der Waals surface area contributed by atoms with Crippen LogP contribution in [0, 0.1) is 0 Å². The van der Waals surface area contributed by atoms with Gasteiger partial charge in [0.25, 0.3) is 0 Å². The number of carbonyl (C=O) groups is 1. The van der Waals surface area contributed by atoms with E-state index >= 15 is 0 Å². The van der Waals surface area contributed by atoms with Crippen LogP contribution < -0.4 is 0 Å². The molecule has 0 unspecified atom stereocenters. The Hall–Kier alpha value is -0.670. The van der Waals surface area contributed by atoms with Gasteiger partial charge in [-0.25, -0.2) is 0 Å². The number of Topliss-reactive ketones (excluding diaryl/α,β-unsaturated/α-hetero) is 1. The average Bonchev–Trinajstić information content (AvgIpc) is 2.83. The van der Waals surface area contributed by atoms with Gasteiger partial charge < -0.3 is 0 Å². The number of likely N-dealkylation sites (N-methyl/N-ethyl adjacent to an activating group) is 1. The fourth-order valence-corrected chi connectivity index (χ4v) is 2.61. The van der Waals surface area contributed by atoms with Gasteiger partial charge in [0.2, 0.25) is 0 Å². The maximum absolute atomic E-state index is 12.1. The third-order valence-corrected chi connectivity index (χ3v) is 4.20. The Morgan fingerprint density at radius 3 is 2.59 bits per heavy atom. The van der Waals surface area contributed by atoms with Crippen molar-refractivity contribution < 1.29 is 4.79 Å². The SMILES string of the molecule is CCCCN(CC)CC(=O)c1ccc(CC)s1. The predicted molar refractivity (Wildman–Crippen MR) is 75.0 cm³/mol. The van der Waals surface area contributed by atoms with Crippen molar-refractivity contribution in [2.45, 2.75) is 40.0 Å². The van der Waals surface area contributed by atoms with Gasteiger partial charge in [-0.15, -0.1) is 11.3 Å². The van der Waals surface area contributed by atoms with E-state index < -0.39 is 0 Å². The highest BCUT2D eigenvalue weighted by Crippen LogP contribution is 2.17. The van der Waals surface area contributed by atoms with E-state index in [0.29, 0.717) is 6.54 Å². The highest BCUT2D eigenvalue weighted by atomic mass is 32.1. The molecule has 3 heteroatoms. The summed E-state index contributed by atoms with van der Waals surface area (Å²) in [7, 11) is 0. The second-order valence-electron chi connectivity index (χ2n) is 4.27. The number of carbonyl (C=O) groups excluding carboxylic acids is 1. The summed E-state index contributed by atoms with van der Waals surface area (Å²) in [5.41, 5.74) is 0. The quantitative estimate of drug-likeness (QED) is 0.660. The fourth-order valence-electron chi connectivity index (χ4n) is 1.73. The van der Waals surface area contributed by atoms with Crippen LogP contribution in [0.2, 0.25) is 0 Å². The van der Waals surface area contributed by atoms with Gasteiger partial charge >= 0.3 is 0 Å². The van der Waals surface area contributed by atoms with Crippen LogP contribution in [-0.2, 0) is 6.42 Å². The molecule has 0 saturated carbocycles. The molecule has 1 rings (SSSR count). The van der Waals surface area contributed by atoms with Crippen LogP contribution in [0.3, 0.4) is 0 Å². The molecule has 0 atom stereocenters. The Balaban J connectivity index is 2.51. The summed E-state index contributed by atoms with van der Waals surface area (Å²) in [5.74, 6) is 0.271. The molecule has 0 aliphatic heterocycles. The molecule has 96 valence electrons. The van der Waals surface area contributed by atoms with Crippen molar-refractivity contribution in [3.63, 3.8) is 0 Å². The van der Waals surface area contributed by atoms with E-state index in [0.717, 1.165) is 24.4 Å². The summed E-state index contributed by atoms with van der Waals surface area (Å²) >= 11 is 1.64. The predicted octanol–water partition coefficient (Wildman–Crippen LogP) is 3.62. The van der Waals surface area contributed by atoms with Crippen molar-refractivity contribution in [3.8, 4) is 0 Å². The monoisotopic (exact) mass is 253 g/mol. The molecule has 2 nitrogen and oxygen atoms in total. The summed E-state index contributed by atoms with van der Waals surface area (Å²) in [5, 5.41) is 0. The largest absolute Gasteiger partial charge is 0.296 e. The first kappa shape index (κ1) is 14.4. The zero-order valence-electron chi connectivity index (χ0n) is 11.2. The molecule has 0 saturated heterocycles. The zero-order chi connectivity index (χ0) is 12.7. The molecule has 0 radical (unpaired) electrons. The maximum Gasteiger partial charge on any atom is 0.186 e. The molecule has 0 aliphatic carbocycles. The number of thiophene rings is 1. The lowest BCUT2D eigenvalue weighted by molar-refractivity contribution is 0.0937. The Morgan fingerprint density at radius 2 is 2.06 bits per heavy atom. The molecular weight excluding hydrogens is 230 g/mol. The van der Waals surface area contributed by atoms with Crippen LogP contribution in [-0.4, -0.2) is 30.3 Å². The van der Waals surface area contributed by atoms with Gasteiger partial charge in [0.05, 0.1) is 11.4 Å². The Bertz CT molecular complexity index is 346. The molecule has 0 bridgehead atoms. The highest BCUT2D eigenvalue weighted by Gasteiger charge is 2.12. The van der Waals surface area contributed by atoms with Crippen molar-refractivity contribution in [1.82, 2.24) is 4.90 Å². The Morgan fingerprint density at radius 1 is 1.29 bits per heavy atom. The Kier molecular flexibility index (Phi) is 6.45. The number of aryl methyl sites for hydroxylation is 1. The van der Waals surface area contributed by atoms with Gasteiger partial charge in [-0.05, 0) is 38.1 Å². The second kappa shape index (κ2) is 7.62. The van der Waals surface area contributed by atoms with Gasteiger partial charge in [-0.3, -0.25) is 9.69 Å². The van der Waals surface area contributed by atoms with Gasteiger partial charge in [0.15, 0.2) is 5.78 Å². The highest BCUT2D eigenvalue weighted by molar-refractivity contribution is 7.14. The molecule has 0 aromatic carbocycles. The lowest BCUT2D eigenvalue weighted by Crippen LogP contribution is -2.30. The molecule has 17 heavy (non-hydrogen) atoms. The van der Waals surface area contributed by atoms with E-state index in [4.69, 9.17) is 0 Å². The standard InChI is InChI=1S/C14H23NOS/c1-4-7-10-15(6-3)11-13(16)14-9-8-12(5-2)17-14/h8-9H,4-7,10-11H2,1-3H3. The maximum atomic E-state index is 12.1. The molecule has 0 spiro atoms. The van der Waals surface area contributed by atoms with Gasteiger partial charge in [0, 0.05) is 4.88 Å². The number of hydrogen-bond acceptors (Lipinski definition) is 3. The molecule has 1 aromatic heterocycles. The minimum Gasteiger partial charge on any atom is -0.296 e. The van der Waals surface area contributed by atoms with Crippen LogP contribution in [0.25, 0.3) is 0 Å². The first-order valence-corrected chi connectivity index (χ1v) is 7.37. The van der Waals surface area contributed by atoms with E-state index in [2.05, 4.69) is 31.7 Å².